The Morgan fingerprint density at radius 1 is 0.939 bits per heavy atom. The maximum Gasteiger partial charge on any atom is 0.253 e. The van der Waals surface area contributed by atoms with Crippen molar-refractivity contribution in [2.45, 2.75) is 13.5 Å². The van der Waals surface area contributed by atoms with E-state index in [-0.39, 0.29) is 11.8 Å². The van der Waals surface area contributed by atoms with Crippen molar-refractivity contribution in [1.82, 2.24) is 14.7 Å². The van der Waals surface area contributed by atoms with Crippen molar-refractivity contribution in [3.63, 3.8) is 0 Å². The molecule has 0 aliphatic heterocycles. The van der Waals surface area contributed by atoms with Gasteiger partial charge in [-0.2, -0.15) is 5.10 Å². The van der Waals surface area contributed by atoms with Gasteiger partial charge < -0.3 is 15.0 Å². The molecule has 0 saturated heterocycles. The van der Waals surface area contributed by atoms with Gasteiger partial charge in [-0.05, 0) is 54.1 Å². The second-order valence-electron chi connectivity index (χ2n) is 7.62. The van der Waals surface area contributed by atoms with Crippen molar-refractivity contribution >= 4 is 17.5 Å². The summed E-state index contributed by atoms with van der Waals surface area (Å²) < 4.78 is 7.46. The lowest BCUT2D eigenvalue weighted by molar-refractivity contribution is -0.114. The molecule has 0 bridgehead atoms. The standard InChI is InChI=1S/C26H24N4O3/c1-19(31)28-22-16-27-30(18-22)23-12-10-21(11-13-23)26(32)29(2)17-20-8-14-25(15-9-20)33-24-6-4-3-5-7-24/h3-16,18H,17H2,1-2H3,(H,28,31). The molecule has 2 amide bonds. The number of aromatic nitrogens is 2. The van der Waals surface area contributed by atoms with Crippen LogP contribution in [-0.2, 0) is 11.3 Å². The van der Waals surface area contributed by atoms with Crippen LogP contribution >= 0.6 is 0 Å². The molecular weight excluding hydrogens is 416 g/mol. The third-order valence-electron chi connectivity index (χ3n) is 4.95. The average Bonchev–Trinajstić information content (AvgIpc) is 3.28. The lowest BCUT2D eigenvalue weighted by Gasteiger charge is -2.18. The number of nitrogens with zero attached hydrogens (tertiary/aromatic N) is 3. The van der Waals surface area contributed by atoms with E-state index in [0.717, 1.165) is 22.7 Å². The fraction of sp³-hybridized carbons (Fsp3) is 0.115. The Labute approximate surface area is 192 Å². The van der Waals surface area contributed by atoms with Gasteiger partial charge in [-0.25, -0.2) is 4.68 Å². The minimum atomic E-state index is -0.156. The third kappa shape index (κ3) is 5.65. The van der Waals surface area contributed by atoms with Gasteiger partial charge in [0, 0.05) is 26.1 Å². The normalized spacial score (nSPS) is 10.5. The maximum atomic E-state index is 12.9. The molecule has 0 atom stereocenters. The predicted octanol–water partition coefficient (Wildman–Crippen LogP) is 4.90. The molecule has 1 heterocycles. The van der Waals surface area contributed by atoms with Crippen LogP contribution in [-0.4, -0.2) is 33.5 Å². The molecule has 1 N–H and O–H groups in total. The van der Waals surface area contributed by atoms with Crippen LogP contribution < -0.4 is 10.1 Å². The summed E-state index contributed by atoms with van der Waals surface area (Å²) in [4.78, 5) is 25.7. The molecule has 1 aromatic heterocycles. The minimum Gasteiger partial charge on any atom is -0.457 e. The molecule has 0 radical (unpaired) electrons. The van der Waals surface area contributed by atoms with Gasteiger partial charge in [0.15, 0.2) is 0 Å². The molecule has 0 spiro atoms. The summed E-state index contributed by atoms with van der Waals surface area (Å²) in [7, 11) is 1.78. The molecule has 166 valence electrons. The van der Waals surface area contributed by atoms with E-state index in [0.29, 0.717) is 17.8 Å². The molecule has 0 fully saturated rings. The van der Waals surface area contributed by atoms with Gasteiger partial charge in [0.2, 0.25) is 5.91 Å². The number of ether oxygens (including phenoxy) is 1. The Morgan fingerprint density at radius 2 is 1.61 bits per heavy atom. The summed E-state index contributed by atoms with van der Waals surface area (Å²) in [5.74, 6) is 1.29. The van der Waals surface area contributed by atoms with Gasteiger partial charge in [0.05, 0.1) is 23.8 Å². The van der Waals surface area contributed by atoms with Crippen LogP contribution in [0.15, 0.2) is 91.3 Å². The maximum absolute atomic E-state index is 12.9. The largest absolute Gasteiger partial charge is 0.457 e. The van der Waals surface area contributed by atoms with Gasteiger partial charge in [-0.3, -0.25) is 9.59 Å². The second-order valence-corrected chi connectivity index (χ2v) is 7.62. The van der Waals surface area contributed by atoms with Crippen molar-refractivity contribution < 1.29 is 14.3 Å². The number of hydrogen-bond acceptors (Lipinski definition) is 4. The summed E-state index contributed by atoms with van der Waals surface area (Å²) >= 11 is 0. The van der Waals surface area contributed by atoms with Crippen LogP contribution in [0.1, 0.15) is 22.8 Å². The van der Waals surface area contributed by atoms with Crippen LogP contribution in [0.3, 0.4) is 0 Å². The third-order valence-corrected chi connectivity index (χ3v) is 4.95. The van der Waals surface area contributed by atoms with Crippen LogP contribution in [0.25, 0.3) is 5.69 Å². The van der Waals surface area contributed by atoms with Gasteiger partial charge in [0.25, 0.3) is 5.91 Å². The number of carbonyl (C=O) groups is 2. The van der Waals surface area contributed by atoms with Gasteiger partial charge in [0.1, 0.15) is 11.5 Å². The van der Waals surface area contributed by atoms with E-state index < -0.39 is 0 Å². The lowest BCUT2D eigenvalue weighted by Crippen LogP contribution is -2.26. The zero-order valence-electron chi connectivity index (χ0n) is 18.4. The predicted molar refractivity (Wildman–Crippen MR) is 127 cm³/mol. The monoisotopic (exact) mass is 440 g/mol. The lowest BCUT2D eigenvalue weighted by atomic mass is 10.1. The zero-order chi connectivity index (χ0) is 23.2. The molecule has 0 aliphatic carbocycles. The first-order valence-electron chi connectivity index (χ1n) is 10.5. The van der Waals surface area contributed by atoms with Crippen molar-refractivity contribution in [3.05, 3.63) is 102 Å². The fourth-order valence-corrected chi connectivity index (χ4v) is 3.34. The summed E-state index contributed by atoms with van der Waals surface area (Å²) in [6, 6.07) is 24.5. The van der Waals surface area contributed by atoms with Crippen LogP contribution in [0, 0.1) is 0 Å². The molecule has 0 aliphatic rings. The van der Waals surface area contributed by atoms with E-state index in [9.17, 15) is 9.59 Å². The van der Waals surface area contributed by atoms with Crippen LogP contribution in [0.4, 0.5) is 5.69 Å². The molecule has 4 rings (SSSR count). The number of amides is 2. The first-order valence-corrected chi connectivity index (χ1v) is 10.5. The van der Waals surface area contributed by atoms with E-state index in [1.807, 2.05) is 66.7 Å². The number of rotatable bonds is 7. The van der Waals surface area contributed by atoms with E-state index in [4.69, 9.17) is 4.74 Å². The summed E-state index contributed by atoms with van der Waals surface area (Å²) in [5.41, 5.74) is 2.99. The molecule has 7 heteroatoms. The van der Waals surface area contributed by atoms with Crippen molar-refractivity contribution in [2.24, 2.45) is 0 Å². The van der Waals surface area contributed by atoms with Crippen LogP contribution in [0.5, 0.6) is 11.5 Å². The Balaban J connectivity index is 1.36. The summed E-state index contributed by atoms with van der Waals surface area (Å²) in [6.45, 7) is 1.92. The topological polar surface area (TPSA) is 76.5 Å². The average molecular weight is 441 g/mol. The highest BCUT2D eigenvalue weighted by atomic mass is 16.5. The zero-order valence-corrected chi connectivity index (χ0v) is 18.4. The van der Waals surface area contributed by atoms with Crippen molar-refractivity contribution in [3.8, 4) is 17.2 Å². The smallest absolute Gasteiger partial charge is 0.253 e. The Hall–Kier alpha value is -4.39. The first-order chi connectivity index (χ1) is 16.0. The SMILES string of the molecule is CC(=O)Nc1cnn(-c2ccc(C(=O)N(C)Cc3ccc(Oc4ccccc4)cc3)cc2)c1. The molecule has 7 nitrogen and oxygen atoms in total. The number of nitrogens with one attached hydrogen (secondary N) is 1. The number of carbonyl (C=O) groups excluding carboxylic acids is 2. The molecule has 33 heavy (non-hydrogen) atoms. The highest BCUT2D eigenvalue weighted by Gasteiger charge is 2.13. The van der Waals surface area contributed by atoms with Gasteiger partial charge in [-0.15, -0.1) is 0 Å². The van der Waals surface area contributed by atoms with Crippen molar-refractivity contribution in [2.75, 3.05) is 12.4 Å². The molecule has 3 aromatic carbocycles. The van der Waals surface area contributed by atoms with Gasteiger partial charge >= 0.3 is 0 Å². The first kappa shape index (κ1) is 21.8. The summed E-state index contributed by atoms with van der Waals surface area (Å²) in [5, 5.41) is 6.92. The van der Waals surface area contributed by atoms with E-state index in [1.54, 1.807) is 41.2 Å². The minimum absolute atomic E-state index is 0.0782. The molecule has 0 unspecified atom stereocenters. The number of benzene rings is 3. The highest BCUT2D eigenvalue weighted by molar-refractivity contribution is 5.94. The van der Waals surface area contributed by atoms with Crippen molar-refractivity contribution in [1.29, 1.82) is 0 Å². The molecule has 4 aromatic rings. The quantitative estimate of drug-likeness (QED) is 0.444. The highest BCUT2D eigenvalue weighted by Crippen LogP contribution is 2.22. The number of para-hydroxylation sites is 1. The van der Waals surface area contributed by atoms with Crippen LogP contribution in [0.2, 0.25) is 0 Å². The molecule has 0 saturated carbocycles. The van der Waals surface area contributed by atoms with Gasteiger partial charge in [-0.1, -0.05) is 30.3 Å². The van der Waals surface area contributed by atoms with E-state index >= 15 is 0 Å². The Morgan fingerprint density at radius 3 is 2.27 bits per heavy atom. The number of anilines is 1. The number of hydrogen-bond donors (Lipinski definition) is 1. The van der Waals surface area contributed by atoms with E-state index in [2.05, 4.69) is 10.4 Å². The summed E-state index contributed by atoms with van der Waals surface area (Å²) in [6.07, 6.45) is 3.29. The van der Waals surface area contributed by atoms with E-state index in [1.165, 1.54) is 6.92 Å². The Kier molecular flexibility index (Phi) is 6.50. The Bertz CT molecular complexity index is 1230. The molecular formula is C26H24N4O3. The fourth-order valence-electron chi connectivity index (χ4n) is 3.34. The second kappa shape index (κ2) is 9.82.